The van der Waals surface area contributed by atoms with E-state index in [0.717, 1.165) is 22.2 Å². The van der Waals surface area contributed by atoms with E-state index in [4.69, 9.17) is 4.74 Å². The van der Waals surface area contributed by atoms with Crippen LogP contribution in [-0.2, 0) is 16.0 Å². The molecule has 0 bridgehead atoms. The summed E-state index contributed by atoms with van der Waals surface area (Å²) in [7, 11) is 0. The molecule has 0 aliphatic heterocycles. The Hall–Kier alpha value is -1.97. The molecular weight excluding hydrogens is 245 g/mol. The molecule has 2 rings (SSSR count). The number of halogens is 1. The number of carbonyl (C=O) groups is 1. The standard InChI is InChI=1S/C15H16FNO2/c1-3-19-15(18)7-5-13-9-11-8-12(16)4-6-14(11)10(2)17-13/h4,6,8-9H,3,5,7H2,1-2H3. The molecule has 4 heteroatoms. The van der Waals surface area contributed by atoms with E-state index in [0.29, 0.717) is 19.4 Å². The molecule has 1 aromatic carbocycles. The van der Waals surface area contributed by atoms with E-state index < -0.39 is 0 Å². The molecule has 0 N–H and O–H groups in total. The molecule has 0 aliphatic carbocycles. The number of hydrogen-bond donors (Lipinski definition) is 0. The van der Waals surface area contributed by atoms with Gasteiger partial charge in [0.2, 0.25) is 0 Å². The maximum Gasteiger partial charge on any atom is 0.306 e. The van der Waals surface area contributed by atoms with Crippen molar-refractivity contribution in [1.29, 1.82) is 0 Å². The lowest BCUT2D eigenvalue weighted by Crippen LogP contribution is -2.06. The number of pyridine rings is 1. The Morgan fingerprint density at radius 2 is 2.16 bits per heavy atom. The molecule has 1 heterocycles. The first-order chi connectivity index (χ1) is 9.10. The van der Waals surface area contributed by atoms with Gasteiger partial charge in [0.05, 0.1) is 13.0 Å². The zero-order chi connectivity index (χ0) is 13.8. The fraction of sp³-hybridized carbons (Fsp3) is 0.333. The van der Waals surface area contributed by atoms with Crippen molar-refractivity contribution in [1.82, 2.24) is 4.98 Å². The van der Waals surface area contributed by atoms with E-state index in [2.05, 4.69) is 4.98 Å². The lowest BCUT2D eigenvalue weighted by atomic mass is 10.1. The molecule has 0 aliphatic rings. The van der Waals surface area contributed by atoms with Gasteiger partial charge < -0.3 is 4.74 Å². The summed E-state index contributed by atoms with van der Waals surface area (Å²) in [4.78, 5) is 15.7. The number of benzene rings is 1. The first kappa shape index (κ1) is 13.5. The van der Waals surface area contributed by atoms with Gasteiger partial charge in [0.15, 0.2) is 0 Å². The van der Waals surface area contributed by atoms with E-state index >= 15 is 0 Å². The summed E-state index contributed by atoms with van der Waals surface area (Å²) < 4.78 is 18.1. The molecule has 0 fully saturated rings. The fourth-order valence-electron chi connectivity index (χ4n) is 2.06. The summed E-state index contributed by atoms with van der Waals surface area (Å²) in [6, 6.07) is 6.46. The molecule has 19 heavy (non-hydrogen) atoms. The van der Waals surface area contributed by atoms with Gasteiger partial charge in [-0.1, -0.05) is 0 Å². The summed E-state index contributed by atoms with van der Waals surface area (Å²) in [6.07, 6.45) is 0.799. The second-order valence-electron chi connectivity index (χ2n) is 4.37. The van der Waals surface area contributed by atoms with Crippen LogP contribution in [-0.4, -0.2) is 17.6 Å². The Balaban J connectivity index is 2.22. The summed E-state index contributed by atoms with van der Waals surface area (Å²) in [5.74, 6) is -0.504. The second kappa shape index (κ2) is 5.78. The van der Waals surface area contributed by atoms with Gasteiger partial charge >= 0.3 is 5.97 Å². The summed E-state index contributed by atoms with van der Waals surface area (Å²) in [6.45, 7) is 4.04. The Kier molecular flexibility index (Phi) is 4.10. The van der Waals surface area contributed by atoms with Crippen molar-refractivity contribution in [2.75, 3.05) is 6.61 Å². The summed E-state index contributed by atoms with van der Waals surface area (Å²) >= 11 is 0. The number of fused-ring (bicyclic) bond motifs is 1. The number of carbonyl (C=O) groups excluding carboxylic acids is 1. The van der Waals surface area contributed by atoms with E-state index in [9.17, 15) is 9.18 Å². The highest BCUT2D eigenvalue weighted by Gasteiger charge is 2.07. The molecule has 0 saturated carbocycles. The number of ether oxygens (including phenoxy) is 1. The van der Waals surface area contributed by atoms with Gasteiger partial charge in [-0.15, -0.1) is 0 Å². The topological polar surface area (TPSA) is 39.2 Å². The van der Waals surface area contributed by atoms with Crippen molar-refractivity contribution in [3.05, 3.63) is 41.5 Å². The van der Waals surface area contributed by atoms with Gasteiger partial charge in [0.25, 0.3) is 0 Å². The van der Waals surface area contributed by atoms with Crippen LogP contribution in [0.2, 0.25) is 0 Å². The molecule has 0 amide bonds. The van der Waals surface area contributed by atoms with E-state index in [1.165, 1.54) is 12.1 Å². The highest BCUT2D eigenvalue weighted by Crippen LogP contribution is 2.20. The Bertz CT molecular complexity index is 610. The fourth-order valence-corrected chi connectivity index (χ4v) is 2.06. The average Bonchev–Trinajstić information content (AvgIpc) is 2.36. The zero-order valence-electron chi connectivity index (χ0n) is 11.1. The van der Waals surface area contributed by atoms with E-state index in [1.807, 2.05) is 13.0 Å². The lowest BCUT2D eigenvalue weighted by Gasteiger charge is -2.06. The van der Waals surface area contributed by atoms with Crippen molar-refractivity contribution in [3.63, 3.8) is 0 Å². The van der Waals surface area contributed by atoms with Crippen LogP contribution in [0.15, 0.2) is 24.3 Å². The average molecular weight is 261 g/mol. The smallest absolute Gasteiger partial charge is 0.306 e. The van der Waals surface area contributed by atoms with Gasteiger partial charge in [-0.3, -0.25) is 9.78 Å². The third-order valence-electron chi connectivity index (χ3n) is 2.93. The van der Waals surface area contributed by atoms with Crippen LogP contribution in [0, 0.1) is 12.7 Å². The Morgan fingerprint density at radius 1 is 1.37 bits per heavy atom. The Labute approximate surface area is 111 Å². The highest BCUT2D eigenvalue weighted by molar-refractivity contribution is 5.84. The molecule has 0 atom stereocenters. The van der Waals surface area contributed by atoms with Crippen LogP contribution in [0.1, 0.15) is 24.7 Å². The third kappa shape index (κ3) is 3.28. The molecule has 0 unspecified atom stereocenters. The summed E-state index contributed by atoms with van der Waals surface area (Å²) in [5, 5.41) is 1.74. The van der Waals surface area contributed by atoms with Crippen LogP contribution in [0.4, 0.5) is 4.39 Å². The van der Waals surface area contributed by atoms with E-state index in [1.54, 1.807) is 13.0 Å². The van der Waals surface area contributed by atoms with Crippen LogP contribution in [0.3, 0.4) is 0 Å². The molecule has 1 aromatic heterocycles. The van der Waals surface area contributed by atoms with Crippen LogP contribution < -0.4 is 0 Å². The van der Waals surface area contributed by atoms with Gasteiger partial charge in [-0.25, -0.2) is 4.39 Å². The SMILES string of the molecule is CCOC(=O)CCc1cc2cc(F)ccc2c(C)n1. The Morgan fingerprint density at radius 3 is 2.89 bits per heavy atom. The number of rotatable bonds is 4. The molecule has 0 spiro atoms. The van der Waals surface area contributed by atoms with Gasteiger partial charge in [0.1, 0.15) is 5.82 Å². The van der Waals surface area contributed by atoms with Gasteiger partial charge in [-0.05, 0) is 43.5 Å². The number of esters is 1. The quantitative estimate of drug-likeness (QED) is 0.793. The minimum absolute atomic E-state index is 0.235. The first-order valence-corrected chi connectivity index (χ1v) is 6.31. The summed E-state index contributed by atoms with van der Waals surface area (Å²) in [5.41, 5.74) is 1.63. The normalized spacial score (nSPS) is 10.7. The van der Waals surface area contributed by atoms with Gasteiger partial charge in [-0.2, -0.15) is 0 Å². The molecule has 100 valence electrons. The van der Waals surface area contributed by atoms with Crippen molar-refractivity contribution in [2.24, 2.45) is 0 Å². The molecular formula is C15H16FNO2. The van der Waals surface area contributed by atoms with Crippen LogP contribution in [0.5, 0.6) is 0 Å². The molecule has 0 radical (unpaired) electrons. The largest absolute Gasteiger partial charge is 0.466 e. The van der Waals surface area contributed by atoms with Crippen molar-refractivity contribution >= 4 is 16.7 Å². The zero-order valence-corrected chi connectivity index (χ0v) is 11.1. The van der Waals surface area contributed by atoms with Crippen molar-refractivity contribution in [2.45, 2.75) is 26.7 Å². The van der Waals surface area contributed by atoms with Crippen molar-refractivity contribution in [3.8, 4) is 0 Å². The third-order valence-corrected chi connectivity index (χ3v) is 2.93. The monoisotopic (exact) mass is 261 g/mol. The minimum atomic E-state index is -0.269. The predicted octanol–water partition coefficient (Wildman–Crippen LogP) is 3.18. The first-order valence-electron chi connectivity index (χ1n) is 6.31. The number of aromatic nitrogens is 1. The predicted molar refractivity (Wildman–Crippen MR) is 71.4 cm³/mol. The van der Waals surface area contributed by atoms with Crippen LogP contribution >= 0.6 is 0 Å². The van der Waals surface area contributed by atoms with E-state index in [-0.39, 0.29) is 11.8 Å². The number of nitrogens with zero attached hydrogens (tertiary/aromatic N) is 1. The molecule has 3 nitrogen and oxygen atoms in total. The maximum atomic E-state index is 13.2. The van der Waals surface area contributed by atoms with Gasteiger partial charge in [0, 0.05) is 23.2 Å². The minimum Gasteiger partial charge on any atom is -0.466 e. The van der Waals surface area contributed by atoms with Crippen LogP contribution in [0.25, 0.3) is 10.8 Å². The number of aryl methyl sites for hydroxylation is 2. The van der Waals surface area contributed by atoms with Crippen molar-refractivity contribution < 1.29 is 13.9 Å². The maximum absolute atomic E-state index is 13.2. The lowest BCUT2D eigenvalue weighted by molar-refractivity contribution is -0.143. The highest BCUT2D eigenvalue weighted by atomic mass is 19.1. The second-order valence-corrected chi connectivity index (χ2v) is 4.37. The molecule has 2 aromatic rings. The number of hydrogen-bond acceptors (Lipinski definition) is 3. The molecule has 0 saturated heterocycles.